The Morgan fingerprint density at radius 1 is 1.03 bits per heavy atom. The number of hydrogen-bond acceptors (Lipinski definition) is 5. The van der Waals surface area contributed by atoms with Crippen molar-refractivity contribution >= 4 is 35.3 Å². The number of hydrogen-bond donors (Lipinski definition) is 3. The molecular weight excluding hydrogens is 388 g/mol. The molecule has 9 heteroatoms. The Morgan fingerprint density at radius 3 is 2.53 bits per heavy atom. The van der Waals surface area contributed by atoms with Crippen molar-refractivity contribution in [3.8, 4) is 0 Å². The fraction of sp³-hybridized carbons (Fsp3) is 0.190. The molecule has 2 aromatic carbocycles. The molecular formula is C21H18N4O5. The lowest BCUT2D eigenvalue weighted by Crippen LogP contribution is -2.52. The Labute approximate surface area is 171 Å². The fourth-order valence-electron chi connectivity index (χ4n) is 3.56. The van der Waals surface area contributed by atoms with Crippen LogP contribution < -0.4 is 16.0 Å². The Bertz CT molecular complexity index is 1070. The van der Waals surface area contributed by atoms with E-state index in [-0.39, 0.29) is 36.8 Å². The zero-order valence-electron chi connectivity index (χ0n) is 15.8. The van der Waals surface area contributed by atoms with Gasteiger partial charge in [0.1, 0.15) is 6.04 Å². The standard InChI is InChI=1S/C21H18N4O5/c26-17-9-8-16(19(28)23-17)25-11-13-7-6-12(10-15(13)20(25)29)18(27)24-21(30)22-14-4-2-1-3-5-14/h1-7,10,16H,8-9,11H2,(H,23,26,28)(H2,22,24,27,30). The normalized spacial score (nSPS) is 17.9. The number of fused-ring (bicyclic) bond motifs is 1. The molecule has 1 fully saturated rings. The minimum absolute atomic E-state index is 0.149. The van der Waals surface area contributed by atoms with Crippen LogP contribution in [0, 0.1) is 0 Å². The Morgan fingerprint density at radius 2 is 1.80 bits per heavy atom. The third kappa shape index (κ3) is 3.77. The average molecular weight is 406 g/mol. The summed E-state index contributed by atoms with van der Waals surface area (Å²) in [6.45, 7) is 0.219. The molecule has 0 aromatic heterocycles. The van der Waals surface area contributed by atoms with E-state index < -0.39 is 23.9 Å². The van der Waals surface area contributed by atoms with Crippen LogP contribution in [0.1, 0.15) is 39.1 Å². The Hall–Kier alpha value is -4.01. The molecule has 0 bridgehead atoms. The molecule has 2 aliphatic heterocycles. The number of piperidine rings is 1. The smallest absolute Gasteiger partial charge is 0.322 e. The number of imide groups is 2. The Balaban J connectivity index is 1.45. The summed E-state index contributed by atoms with van der Waals surface area (Å²) in [7, 11) is 0. The van der Waals surface area contributed by atoms with Crippen molar-refractivity contribution in [3.63, 3.8) is 0 Å². The van der Waals surface area contributed by atoms with Gasteiger partial charge in [-0.2, -0.15) is 0 Å². The average Bonchev–Trinajstić information content (AvgIpc) is 3.04. The van der Waals surface area contributed by atoms with Crippen LogP contribution >= 0.6 is 0 Å². The monoisotopic (exact) mass is 406 g/mol. The van der Waals surface area contributed by atoms with E-state index >= 15 is 0 Å². The molecule has 2 aromatic rings. The number of nitrogens with one attached hydrogen (secondary N) is 3. The summed E-state index contributed by atoms with van der Waals surface area (Å²) >= 11 is 0. The van der Waals surface area contributed by atoms with Crippen LogP contribution in [0.3, 0.4) is 0 Å². The third-order valence-corrected chi connectivity index (χ3v) is 5.05. The summed E-state index contributed by atoms with van der Waals surface area (Å²) in [4.78, 5) is 62.1. The van der Waals surface area contributed by atoms with Gasteiger partial charge in [-0.15, -0.1) is 0 Å². The second-order valence-corrected chi connectivity index (χ2v) is 7.05. The van der Waals surface area contributed by atoms with Gasteiger partial charge in [0.05, 0.1) is 0 Å². The van der Waals surface area contributed by atoms with E-state index in [1.54, 1.807) is 36.4 Å². The van der Waals surface area contributed by atoms with Gasteiger partial charge in [-0.3, -0.25) is 29.8 Å². The summed E-state index contributed by atoms with van der Waals surface area (Å²) < 4.78 is 0. The molecule has 4 rings (SSSR count). The minimum atomic E-state index is -0.725. The van der Waals surface area contributed by atoms with E-state index in [0.29, 0.717) is 16.8 Å². The van der Waals surface area contributed by atoms with Crippen molar-refractivity contribution in [2.24, 2.45) is 0 Å². The predicted octanol–water partition coefficient (Wildman–Crippen LogP) is 1.41. The number of amides is 6. The lowest BCUT2D eigenvalue weighted by Gasteiger charge is -2.29. The van der Waals surface area contributed by atoms with Crippen molar-refractivity contribution in [1.29, 1.82) is 0 Å². The molecule has 2 heterocycles. The van der Waals surface area contributed by atoms with Crippen molar-refractivity contribution in [2.75, 3.05) is 5.32 Å². The van der Waals surface area contributed by atoms with Crippen molar-refractivity contribution in [2.45, 2.75) is 25.4 Å². The highest BCUT2D eigenvalue weighted by atomic mass is 16.2. The van der Waals surface area contributed by atoms with Gasteiger partial charge in [0.2, 0.25) is 11.8 Å². The lowest BCUT2D eigenvalue weighted by molar-refractivity contribution is -0.136. The zero-order valence-corrected chi connectivity index (χ0v) is 15.8. The van der Waals surface area contributed by atoms with E-state index in [1.165, 1.54) is 17.0 Å². The van der Waals surface area contributed by atoms with Crippen LogP contribution in [0.4, 0.5) is 10.5 Å². The second kappa shape index (κ2) is 7.78. The summed E-state index contributed by atoms with van der Waals surface area (Å²) in [5.41, 5.74) is 1.66. The van der Waals surface area contributed by atoms with Crippen molar-refractivity contribution in [3.05, 3.63) is 65.2 Å². The lowest BCUT2D eigenvalue weighted by atomic mass is 10.0. The maximum Gasteiger partial charge on any atom is 0.326 e. The quantitative estimate of drug-likeness (QED) is 0.665. The van der Waals surface area contributed by atoms with E-state index in [0.717, 1.165) is 0 Å². The molecule has 0 spiro atoms. The van der Waals surface area contributed by atoms with Gasteiger partial charge in [0.25, 0.3) is 11.8 Å². The predicted molar refractivity (Wildman–Crippen MR) is 105 cm³/mol. The SMILES string of the molecule is O=C1CCC(N2Cc3ccc(C(=O)NC(=O)Nc4ccccc4)cc3C2=O)C(=O)N1. The molecule has 0 aliphatic carbocycles. The maximum absolute atomic E-state index is 12.8. The molecule has 1 atom stereocenters. The van der Waals surface area contributed by atoms with Gasteiger partial charge in [0.15, 0.2) is 0 Å². The molecule has 1 unspecified atom stereocenters. The molecule has 30 heavy (non-hydrogen) atoms. The number of benzene rings is 2. The number of urea groups is 1. The Kier molecular flexibility index (Phi) is 5.01. The minimum Gasteiger partial charge on any atom is -0.322 e. The van der Waals surface area contributed by atoms with Gasteiger partial charge >= 0.3 is 6.03 Å². The number of anilines is 1. The molecule has 2 aliphatic rings. The highest BCUT2D eigenvalue weighted by Crippen LogP contribution is 2.28. The topological polar surface area (TPSA) is 125 Å². The first-order valence-corrected chi connectivity index (χ1v) is 9.37. The van der Waals surface area contributed by atoms with Crippen LogP contribution in [0.2, 0.25) is 0 Å². The number of carbonyl (C=O) groups excluding carboxylic acids is 5. The molecule has 6 amide bonds. The number of para-hydroxylation sites is 1. The molecule has 152 valence electrons. The highest BCUT2D eigenvalue weighted by Gasteiger charge is 2.39. The van der Waals surface area contributed by atoms with Crippen LogP contribution in [0.15, 0.2) is 48.5 Å². The van der Waals surface area contributed by atoms with E-state index in [1.807, 2.05) is 0 Å². The first-order chi connectivity index (χ1) is 14.4. The van der Waals surface area contributed by atoms with Crippen LogP contribution in [0.5, 0.6) is 0 Å². The molecule has 3 N–H and O–H groups in total. The molecule has 0 saturated carbocycles. The van der Waals surface area contributed by atoms with Crippen molar-refractivity contribution in [1.82, 2.24) is 15.5 Å². The number of carbonyl (C=O) groups is 5. The van der Waals surface area contributed by atoms with E-state index in [2.05, 4.69) is 16.0 Å². The highest BCUT2D eigenvalue weighted by molar-refractivity contribution is 6.10. The first-order valence-electron chi connectivity index (χ1n) is 9.37. The third-order valence-electron chi connectivity index (χ3n) is 5.05. The zero-order chi connectivity index (χ0) is 21.3. The second-order valence-electron chi connectivity index (χ2n) is 7.05. The first kappa shape index (κ1) is 19.3. The molecule has 1 saturated heterocycles. The molecule has 0 radical (unpaired) electrons. The van der Waals surface area contributed by atoms with Gasteiger partial charge in [0, 0.05) is 29.8 Å². The van der Waals surface area contributed by atoms with Gasteiger partial charge in [-0.1, -0.05) is 24.3 Å². The van der Waals surface area contributed by atoms with Crippen LogP contribution in [-0.4, -0.2) is 40.6 Å². The van der Waals surface area contributed by atoms with Crippen molar-refractivity contribution < 1.29 is 24.0 Å². The van der Waals surface area contributed by atoms with Gasteiger partial charge in [-0.25, -0.2) is 4.79 Å². The largest absolute Gasteiger partial charge is 0.326 e. The van der Waals surface area contributed by atoms with E-state index in [9.17, 15) is 24.0 Å². The summed E-state index contributed by atoms with van der Waals surface area (Å²) in [6, 6.07) is 11.8. The number of nitrogens with zero attached hydrogens (tertiary/aromatic N) is 1. The van der Waals surface area contributed by atoms with Crippen LogP contribution in [0.25, 0.3) is 0 Å². The number of rotatable bonds is 3. The maximum atomic E-state index is 12.8. The summed E-state index contributed by atoms with van der Waals surface area (Å²) in [6.07, 6.45) is 0.429. The van der Waals surface area contributed by atoms with Crippen LogP contribution in [-0.2, 0) is 16.1 Å². The van der Waals surface area contributed by atoms with Gasteiger partial charge < -0.3 is 10.2 Å². The van der Waals surface area contributed by atoms with E-state index in [4.69, 9.17) is 0 Å². The summed E-state index contributed by atoms with van der Waals surface area (Å²) in [5.74, 6) is -1.89. The summed E-state index contributed by atoms with van der Waals surface area (Å²) in [5, 5.41) is 7.01. The molecule has 9 nitrogen and oxygen atoms in total. The van der Waals surface area contributed by atoms with Gasteiger partial charge in [-0.05, 0) is 36.2 Å². The fourth-order valence-corrected chi connectivity index (χ4v) is 3.56.